The molecule has 1 atom stereocenters. The van der Waals surface area contributed by atoms with Crippen LogP contribution < -0.4 is 5.32 Å². The Morgan fingerprint density at radius 3 is 2.04 bits per heavy atom. The van der Waals surface area contributed by atoms with Crippen molar-refractivity contribution in [3.05, 3.63) is 155 Å². The number of amides is 2. The van der Waals surface area contributed by atoms with Gasteiger partial charge in [0.05, 0.1) is 23.1 Å². The molecule has 1 saturated heterocycles. The number of nitriles is 1. The largest absolute Gasteiger partial charge is 0.465 e. The first-order chi connectivity index (χ1) is 24.4. The average molecular weight is 680 g/mol. The Labute approximate surface area is 295 Å². The van der Waals surface area contributed by atoms with Gasteiger partial charge >= 0.3 is 6.09 Å². The molecular formula is C41H34ClN5O3. The molecule has 1 aliphatic heterocycles. The van der Waals surface area contributed by atoms with Gasteiger partial charge in [-0.05, 0) is 65.4 Å². The Morgan fingerprint density at radius 2 is 1.46 bits per heavy atom. The maximum absolute atomic E-state index is 14.1. The fourth-order valence-electron chi connectivity index (χ4n) is 7.10. The number of hydrogen-bond donors (Lipinski definition) is 2. The number of rotatable bonds is 7. The molecule has 50 heavy (non-hydrogen) atoms. The number of nitrogens with one attached hydrogen (secondary N) is 1. The van der Waals surface area contributed by atoms with Gasteiger partial charge in [-0.15, -0.1) is 0 Å². The lowest BCUT2D eigenvalue weighted by atomic mass is 9.77. The minimum Gasteiger partial charge on any atom is -0.465 e. The molecule has 1 aliphatic rings. The fourth-order valence-corrected chi connectivity index (χ4v) is 7.33. The summed E-state index contributed by atoms with van der Waals surface area (Å²) in [7, 11) is 0. The number of hydrogen-bond acceptors (Lipinski definition) is 4. The fraction of sp³-hybridized carbons (Fsp3) is 0.171. The topological polar surface area (TPSA) is 111 Å². The minimum atomic E-state index is -1.03. The SMILES string of the molecule is N#Cc1ccc(Cl)c(-c2ccc3c(c2)c(NC(=O)C2CCCCN(C(=O)O)C2)nn3C(c2ccccc2)(c2ccccc2)c2ccccc2)c1. The third kappa shape index (κ3) is 5.97. The molecule has 9 heteroatoms. The van der Waals surface area contributed by atoms with Gasteiger partial charge in [-0.2, -0.15) is 10.4 Å². The van der Waals surface area contributed by atoms with E-state index in [1.165, 1.54) is 4.90 Å². The summed E-state index contributed by atoms with van der Waals surface area (Å²) in [5, 5.41) is 28.9. The van der Waals surface area contributed by atoms with Crippen molar-refractivity contribution in [2.45, 2.75) is 24.8 Å². The second-order valence-corrected chi connectivity index (χ2v) is 12.9. The lowest BCUT2D eigenvalue weighted by Gasteiger charge is -2.37. The van der Waals surface area contributed by atoms with E-state index < -0.39 is 17.6 Å². The first-order valence-electron chi connectivity index (χ1n) is 16.6. The zero-order valence-corrected chi connectivity index (χ0v) is 27.9. The van der Waals surface area contributed by atoms with Crippen LogP contribution >= 0.6 is 11.6 Å². The number of aromatic nitrogens is 2. The number of nitrogens with zero attached hydrogens (tertiary/aromatic N) is 4. The monoisotopic (exact) mass is 679 g/mol. The van der Waals surface area contributed by atoms with E-state index in [1.54, 1.807) is 18.2 Å². The first-order valence-corrected chi connectivity index (χ1v) is 17.0. The predicted molar refractivity (Wildman–Crippen MR) is 195 cm³/mol. The third-order valence-corrected chi connectivity index (χ3v) is 9.86. The van der Waals surface area contributed by atoms with Gasteiger partial charge in [0.25, 0.3) is 0 Å². The van der Waals surface area contributed by atoms with Gasteiger partial charge in [0, 0.05) is 29.1 Å². The van der Waals surface area contributed by atoms with E-state index in [-0.39, 0.29) is 12.5 Å². The van der Waals surface area contributed by atoms with Gasteiger partial charge in [-0.1, -0.05) is 115 Å². The van der Waals surface area contributed by atoms with Gasteiger partial charge < -0.3 is 15.3 Å². The van der Waals surface area contributed by atoms with Crippen molar-refractivity contribution < 1.29 is 14.7 Å². The smallest absolute Gasteiger partial charge is 0.407 e. The molecule has 0 radical (unpaired) electrons. The molecule has 0 spiro atoms. The normalized spacial score (nSPS) is 14.9. The van der Waals surface area contributed by atoms with Crippen LogP contribution in [0.1, 0.15) is 41.5 Å². The van der Waals surface area contributed by atoms with Crippen LogP contribution in [0.15, 0.2) is 127 Å². The number of carbonyl (C=O) groups is 2. The van der Waals surface area contributed by atoms with E-state index in [1.807, 2.05) is 77.5 Å². The molecule has 0 bridgehead atoms. The van der Waals surface area contributed by atoms with Crippen molar-refractivity contribution in [1.29, 1.82) is 5.26 Å². The molecule has 2 amide bonds. The number of halogens is 1. The van der Waals surface area contributed by atoms with Crippen LogP contribution in [0, 0.1) is 17.2 Å². The molecule has 1 fully saturated rings. The third-order valence-electron chi connectivity index (χ3n) is 9.53. The Morgan fingerprint density at radius 1 is 0.840 bits per heavy atom. The first kappa shape index (κ1) is 32.6. The van der Waals surface area contributed by atoms with E-state index in [9.17, 15) is 20.0 Å². The molecule has 1 unspecified atom stereocenters. The highest BCUT2D eigenvalue weighted by Gasteiger charge is 2.41. The Bertz CT molecular complexity index is 2120. The molecule has 0 aliphatic carbocycles. The minimum absolute atomic E-state index is 0.115. The number of carbonyl (C=O) groups excluding carboxylic acids is 1. The lowest BCUT2D eigenvalue weighted by Crippen LogP contribution is -2.39. The van der Waals surface area contributed by atoms with E-state index in [0.717, 1.165) is 34.2 Å². The maximum Gasteiger partial charge on any atom is 0.407 e. The lowest BCUT2D eigenvalue weighted by molar-refractivity contribution is -0.120. The van der Waals surface area contributed by atoms with Gasteiger partial charge in [0.1, 0.15) is 5.54 Å². The number of likely N-dealkylation sites (tertiary alicyclic amines) is 1. The van der Waals surface area contributed by atoms with Crippen molar-refractivity contribution in [2.24, 2.45) is 5.92 Å². The van der Waals surface area contributed by atoms with Crippen LogP contribution in [-0.4, -0.2) is 44.9 Å². The number of benzene rings is 5. The molecule has 1 aromatic heterocycles. The molecule has 7 rings (SSSR count). The highest BCUT2D eigenvalue weighted by Crippen LogP contribution is 2.44. The van der Waals surface area contributed by atoms with Crippen molar-refractivity contribution in [1.82, 2.24) is 14.7 Å². The van der Waals surface area contributed by atoms with E-state index in [2.05, 4.69) is 47.8 Å². The van der Waals surface area contributed by atoms with Crippen LogP contribution in [0.25, 0.3) is 22.0 Å². The molecule has 2 N–H and O–H groups in total. The summed E-state index contributed by atoms with van der Waals surface area (Å²) in [6.07, 6.45) is 0.984. The van der Waals surface area contributed by atoms with Crippen molar-refractivity contribution in [3.63, 3.8) is 0 Å². The summed E-state index contributed by atoms with van der Waals surface area (Å²) >= 11 is 6.68. The number of carboxylic acid groups (broad SMARTS) is 1. The summed E-state index contributed by atoms with van der Waals surface area (Å²) in [5.41, 5.74) is 4.60. The molecule has 0 saturated carbocycles. The van der Waals surface area contributed by atoms with Crippen molar-refractivity contribution in [2.75, 3.05) is 18.4 Å². The summed E-state index contributed by atoms with van der Waals surface area (Å²) in [6, 6.07) is 43.7. The summed E-state index contributed by atoms with van der Waals surface area (Å²) in [4.78, 5) is 27.3. The standard InChI is InChI=1S/C41H34ClN5O3/c42-36-21-19-28(26-43)24-34(36)29-20-22-37-35(25-29)38(44-39(48)30-12-10-11-23-46(27-30)40(49)50)45-47(37)41(31-13-4-1-5-14-31,32-15-6-2-7-16-32)33-17-8-3-9-18-33/h1-9,13-22,24-25,30H,10-12,23,27H2,(H,49,50)(H,44,45,48). The van der Waals surface area contributed by atoms with Crippen LogP contribution in [-0.2, 0) is 10.3 Å². The zero-order valence-electron chi connectivity index (χ0n) is 27.2. The van der Waals surface area contributed by atoms with Crippen molar-refractivity contribution >= 4 is 40.3 Å². The molecule has 248 valence electrons. The van der Waals surface area contributed by atoms with Crippen LogP contribution in [0.3, 0.4) is 0 Å². The van der Waals surface area contributed by atoms with Gasteiger partial charge in [0.15, 0.2) is 5.82 Å². The van der Waals surface area contributed by atoms with E-state index >= 15 is 0 Å². The number of fused-ring (bicyclic) bond motifs is 1. The predicted octanol–water partition coefficient (Wildman–Crippen LogP) is 8.79. The molecule has 6 aromatic rings. The summed E-state index contributed by atoms with van der Waals surface area (Å²) in [6.45, 7) is 0.514. The second-order valence-electron chi connectivity index (χ2n) is 12.5. The highest BCUT2D eigenvalue weighted by molar-refractivity contribution is 6.33. The van der Waals surface area contributed by atoms with E-state index in [0.29, 0.717) is 46.7 Å². The quantitative estimate of drug-likeness (QED) is 0.164. The molecule has 8 nitrogen and oxygen atoms in total. The number of anilines is 1. The Hall–Kier alpha value is -5.91. The van der Waals surface area contributed by atoms with Crippen LogP contribution in [0.5, 0.6) is 0 Å². The zero-order chi connectivity index (χ0) is 34.7. The molecule has 5 aromatic carbocycles. The Kier molecular flexibility index (Phi) is 9.07. The van der Waals surface area contributed by atoms with Crippen LogP contribution in [0.4, 0.5) is 10.6 Å². The molecule has 2 heterocycles. The van der Waals surface area contributed by atoms with Crippen LogP contribution in [0.2, 0.25) is 5.02 Å². The molecular weight excluding hydrogens is 646 g/mol. The van der Waals surface area contributed by atoms with Gasteiger partial charge in [-0.3, -0.25) is 4.79 Å². The van der Waals surface area contributed by atoms with Gasteiger partial charge in [-0.25, -0.2) is 9.48 Å². The van der Waals surface area contributed by atoms with Gasteiger partial charge in [0.2, 0.25) is 5.91 Å². The second kappa shape index (κ2) is 13.9. The van der Waals surface area contributed by atoms with Crippen molar-refractivity contribution in [3.8, 4) is 17.2 Å². The average Bonchev–Trinajstić information content (AvgIpc) is 3.31. The summed E-state index contributed by atoms with van der Waals surface area (Å²) in [5.74, 6) is -0.483. The Balaban J connectivity index is 1.49. The summed E-state index contributed by atoms with van der Waals surface area (Å²) < 4.78 is 1.98. The van der Waals surface area contributed by atoms with E-state index in [4.69, 9.17) is 16.7 Å². The maximum atomic E-state index is 14.1. The highest BCUT2D eigenvalue weighted by atomic mass is 35.5.